The molecule has 0 aliphatic carbocycles. The van der Waals surface area contributed by atoms with Crippen molar-refractivity contribution in [3.8, 4) is 0 Å². The molecule has 0 amide bonds. The summed E-state index contributed by atoms with van der Waals surface area (Å²) in [6.07, 6.45) is 2.29. The lowest BCUT2D eigenvalue weighted by atomic mass is 10.1. The molecule has 0 saturated carbocycles. The van der Waals surface area contributed by atoms with Crippen LogP contribution in [0.15, 0.2) is 16.5 Å². The standard InChI is InChI=1S/C14H18N4O4S2/c1-9-3-6-18(17-9)7-5-16-24(21,22)14-12(13(19)20)10-2-4-15-8-11(10)23-14/h3,6,15-16H,2,4-5,7-8H2,1H3,(H,19,20). The van der Waals surface area contributed by atoms with Gasteiger partial charge in [0.2, 0.25) is 0 Å². The van der Waals surface area contributed by atoms with E-state index in [1.54, 1.807) is 10.9 Å². The number of carboxylic acid groups (broad SMARTS) is 1. The molecule has 0 unspecified atom stereocenters. The summed E-state index contributed by atoms with van der Waals surface area (Å²) in [6, 6.07) is 1.83. The molecule has 0 aromatic carbocycles. The first-order valence-corrected chi connectivity index (χ1v) is 9.77. The number of carboxylic acids is 1. The van der Waals surface area contributed by atoms with Gasteiger partial charge >= 0.3 is 5.97 Å². The molecule has 10 heteroatoms. The zero-order valence-corrected chi connectivity index (χ0v) is 14.7. The summed E-state index contributed by atoms with van der Waals surface area (Å²) in [5.74, 6) is -1.20. The molecule has 24 heavy (non-hydrogen) atoms. The van der Waals surface area contributed by atoms with E-state index in [1.165, 1.54) is 0 Å². The lowest BCUT2D eigenvalue weighted by molar-refractivity contribution is 0.0692. The number of hydrogen-bond acceptors (Lipinski definition) is 6. The fourth-order valence-electron chi connectivity index (χ4n) is 2.66. The molecule has 3 rings (SSSR count). The molecule has 2 aromatic heterocycles. The van der Waals surface area contributed by atoms with Gasteiger partial charge in [0.25, 0.3) is 10.0 Å². The minimum atomic E-state index is -3.87. The maximum absolute atomic E-state index is 12.6. The van der Waals surface area contributed by atoms with Crippen LogP contribution in [0.4, 0.5) is 0 Å². The first-order chi connectivity index (χ1) is 11.4. The number of aryl methyl sites for hydroxylation is 1. The predicted octanol–water partition coefficient (Wildman–Crippen LogP) is 0.575. The molecule has 0 bridgehead atoms. The van der Waals surface area contributed by atoms with Crippen molar-refractivity contribution in [1.82, 2.24) is 19.8 Å². The zero-order valence-electron chi connectivity index (χ0n) is 13.1. The Morgan fingerprint density at radius 3 is 3.00 bits per heavy atom. The Morgan fingerprint density at radius 2 is 2.33 bits per heavy atom. The first-order valence-electron chi connectivity index (χ1n) is 7.47. The third-order valence-corrected chi connectivity index (χ3v) is 6.97. The van der Waals surface area contributed by atoms with E-state index in [0.717, 1.165) is 21.9 Å². The second kappa shape index (κ2) is 6.63. The number of aromatic nitrogens is 2. The number of nitrogens with one attached hydrogen (secondary N) is 2. The quantitative estimate of drug-likeness (QED) is 0.685. The topological polar surface area (TPSA) is 113 Å². The summed E-state index contributed by atoms with van der Waals surface area (Å²) in [5, 5.41) is 16.8. The third kappa shape index (κ3) is 3.36. The van der Waals surface area contributed by atoms with E-state index in [9.17, 15) is 18.3 Å². The first kappa shape index (κ1) is 17.1. The van der Waals surface area contributed by atoms with Crippen molar-refractivity contribution >= 4 is 27.3 Å². The van der Waals surface area contributed by atoms with Gasteiger partial charge in [-0.05, 0) is 31.5 Å². The number of rotatable bonds is 6. The highest BCUT2D eigenvalue weighted by molar-refractivity contribution is 7.91. The third-order valence-electron chi connectivity index (χ3n) is 3.76. The number of nitrogens with zero attached hydrogens (tertiary/aromatic N) is 2. The van der Waals surface area contributed by atoms with Gasteiger partial charge in [-0.2, -0.15) is 5.10 Å². The van der Waals surface area contributed by atoms with Crippen LogP contribution in [0.25, 0.3) is 0 Å². The number of sulfonamides is 1. The largest absolute Gasteiger partial charge is 0.478 e. The van der Waals surface area contributed by atoms with Crippen LogP contribution in [0, 0.1) is 6.92 Å². The van der Waals surface area contributed by atoms with Crippen molar-refractivity contribution < 1.29 is 18.3 Å². The molecule has 0 spiro atoms. The van der Waals surface area contributed by atoms with Crippen molar-refractivity contribution in [2.45, 2.75) is 30.6 Å². The molecule has 3 heterocycles. The minimum Gasteiger partial charge on any atom is -0.478 e. The fraction of sp³-hybridized carbons (Fsp3) is 0.429. The molecule has 0 atom stereocenters. The van der Waals surface area contributed by atoms with Crippen molar-refractivity contribution in [3.05, 3.63) is 34.0 Å². The molecule has 8 nitrogen and oxygen atoms in total. The van der Waals surface area contributed by atoms with Gasteiger partial charge in [0.1, 0.15) is 4.21 Å². The van der Waals surface area contributed by atoms with Crippen LogP contribution >= 0.6 is 11.3 Å². The summed E-state index contributed by atoms with van der Waals surface area (Å²) in [5.41, 5.74) is 1.40. The van der Waals surface area contributed by atoms with Gasteiger partial charge < -0.3 is 10.4 Å². The second-order valence-corrected chi connectivity index (χ2v) is 8.58. The molecule has 130 valence electrons. The SMILES string of the molecule is Cc1ccn(CCNS(=O)(=O)c2sc3c(c2C(=O)O)CCNC3)n1. The summed E-state index contributed by atoms with van der Waals surface area (Å²) < 4.78 is 29.1. The average molecular weight is 370 g/mol. The van der Waals surface area contributed by atoms with Gasteiger partial charge in [0.05, 0.1) is 17.8 Å². The summed E-state index contributed by atoms with van der Waals surface area (Å²) in [4.78, 5) is 12.4. The van der Waals surface area contributed by atoms with E-state index in [0.29, 0.717) is 31.6 Å². The molecular weight excluding hydrogens is 352 g/mol. The lowest BCUT2D eigenvalue weighted by Crippen LogP contribution is -2.28. The highest BCUT2D eigenvalue weighted by Gasteiger charge is 2.31. The van der Waals surface area contributed by atoms with E-state index in [4.69, 9.17) is 0 Å². The Hall–Kier alpha value is -1.75. The Balaban J connectivity index is 1.81. The van der Waals surface area contributed by atoms with Crippen LogP contribution in [-0.4, -0.2) is 42.4 Å². The average Bonchev–Trinajstić information content (AvgIpc) is 3.11. The number of hydrogen-bond donors (Lipinski definition) is 3. The normalized spacial score (nSPS) is 14.5. The zero-order chi connectivity index (χ0) is 17.3. The Morgan fingerprint density at radius 1 is 1.54 bits per heavy atom. The maximum Gasteiger partial charge on any atom is 0.338 e. The number of thiophene rings is 1. The van der Waals surface area contributed by atoms with Crippen molar-refractivity contribution in [2.24, 2.45) is 0 Å². The Kier molecular flexibility index (Phi) is 4.72. The van der Waals surface area contributed by atoms with Gasteiger partial charge in [-0.15, -0.1) is 11.3 Å². The van der Waals surface area contributed by atoms with Crippen LogP contribution in [-0.2, 0) is 29.5 Å². The molecule has 0 fully saturated rings. The minimum absolute atomic E-state index is 0.0843. The molecule has 2 aromatic rings. The highest BCUT2D eigenvalue weighted by atomic mass is 32.2. The highest BCUT2D eigenvalue weighted by Crippen LogP contribution is 2.34. The van der Waals surface area contributed by atoms with E-state index in [2.05, 4.69) is 15.1 Å². The van der Waals surface area contributed by atoms with E-state index in [1.807, 2.05) is 13.0 Å². The van der Waals surface area contributed by atoms with Crippen LogP contribution in [0.2, 0.25) is 0 Å². The predicted molar refractivity (Wildman–Crippen MR) is 88.8 cm³/mol. The summed E-state index contributed by atoms with van der Waals surface area (Å²) >= 11 is 1.03. The van der Waals surface area contributed by atoms with Crippen LogP contribution < -0.4 is 10.0 Å². The van der Waals surface area contributed by atoms with Gasteiger partial charge in [-0.25, -0.2) is 17.9 Å². The van der Waals surface area contributed by atoms with E-state index >= 15 is 0 Å². The van der Waals surface area contributed by atoms with Crippen molar-refractivity contribution in [2.75, 3.05) is 13.1 Å². The van der Waals surface area contributed by atoms with E-state index < -0.39 is 16.0 Å². The summed E-state index contributed by atoms with van der Waals surface area (Å²) in [6.45, 7) is 3.52. The van der Waals surface area contributed by atoms with Gasteiger partial charge in [-0.3, -0.25) is 4.68 Å². The monoisotopic (exact) mass is 370 g/mol. The van der Waals surface area contributed by atoms with Gasteiger partial charge in [0, 0.05) is 24.2 Å². The Labute approximate surface area is 143 Å². The molecule has 0 radical (unpaired) electrons. The lowest BCUT2D eigenvalue weighted by Gasteiger charge is -2.12. The maximum atomic E-state index is 12.6. The van der Waals surface area contributed by atoms with Crippen LogP contribution in [0.1, 0.15) is 26.5 Å². The van der Waals surface area contributed by atoms with Crippen LogP contribution in [0.5, 0.6) is 0 Å². The second-order valence-electron chi connectivity index (χ2n) is 5.52. The van der Waals surface area contributed by atoms with Gasteiger partial charge in [-0.1, -0.05) is 0 Å². The summed E-state index contributed by atoms with van der Waals surface area (Å²) in [7, 11) is -3.87. The van der Waals surface area contributed by atoms with E-state index in [-0.39, 0.29) is 16.3 Å². The van der Waals surface area contributed by atoms with Crippen molar-refractivity contribution in [1.29, 1.82) is 0 Å². The molecule has 3 N–H and O–H groups in total. The number of aromatic carboxylic acids is 1. The Bertz CT molecular complexity index is 869. The number of fused-ring (bicyclic) bond motifs is 1. The molecule has 0 saturated heterocycles. The molecule has 1 aliphatic rings. The fourth-order valence-corrected chi connectivity index (χ4v) is 5.59. The molecular formula is C14H18N4O4S2. The number of carbonyl (C=O) groups is 1. The van der Waals surface area contributed by atoms with Crippen molar-refractivity contribution in [3.63, 3.8) is 0 Å². The van der Waals surface area contributed by atoms with Crippen LogP contribution in [0.3, 0.4) is 0 Å². The molecule has 1 aliphatic heterocycles. The van der Waals surface area contributed by atoms with Gasteiger partial charge in [0.15, 0.2) is 0 Å². The smallest absolute Gasteiger partial charge is 0.338 e.